The van der Waals surface area contributed by atoms with Crippen LogP contribution in [0, 0.1) is 25.8 Å². The first-order valence-electron chi connectivity index (χ1n) is 23.2. The molecule has 0 saturated heterocycles. The largest absolute Gasteiger partial charge is 0.336 e. The molecule has 3 aliphatic rings. The fourth-order valence-electron chi connectivity index (χ4n) is 11.4. The van der Waals surface area contributed by atoms with Gasteiger partial charge in [-0.05, 0) is 53.0 Å². The summed E-state index contributed by atoms with van der Waals surface area (Å²) in [4.78, 5) is 10.1. The number of pyridine rings is 2. The summed E-state index contributed by atoms with van der Waals surface area (Å²) in [5.74, 6) is 0. The van der Waals surface area contributed by atoms with E-state index >= 15 is 0 Å². The van der Waals surface area contributed by atoms with Crippen molar-refractivity contribution in [3.05, 3.63) is 142 Å². The zero-order valence-electron chi connectivity index (χ0n) is 40.5. The SMILES string of the molecule is [2H]C([2H])([2H])c1ccc2c3c1c1ccc[c-]c1c1nc4c(n13)C(C)(CC(C)(C)c1ccccc1-4)C2(C)C.[2H]C([2H])([2H])c1ccc2c3c1c1ccc[c-]c1c1ncc(n13)C(C)(C)C2(C)C.[Ir]. The third-order valence-electron chi connectivity index (χ3n) is 15.3. The van der Waals surface area contributed by atoms with Crippen LogP contribution >= 0.6 is 0 Å². The van der Waals surface area contributed by atoms with E-state index < -0.39 is 13.7 Å². The molecule has 5 heteroatoms. The molecular weight excluding hydrogens is 885 g/mol. The van der Waals surface area contributed by atoms with Crippen LogP contribution in [0.3, 0.4) is 0 Å². The molecule has 4 aromatic heterocycles. The summed E-state index contributed by atoms with van der Waals surface area (Å²) in [6.07, 6.45) is 2.89. The molecule has 293 valence electrons. The maximum Gasteiger partial charge on any atom is 0.0813 e. The molecule has 0 fully saturated rings. The first-order chi connectivity index (χ1) is 29.4. The van der Waals surface area contributed by atoms with Crippen molar-refractivity contribution in [3.8, 4) is 11.3 Å². The molecule has 0 bridgehead atoms. The third-order valence-corrected chi connectivity index (χ3v) is 15.3. The van der Waals surface area contributed by atoms with Crippen molar-refractivity contribution in [1.82, 2.24) is 18.8 Å². The predicted molar refractivity (Wildman–Crippen MR) is 237 cm³/mol. The number of benzene rings is 5. The Labute approximate surface area is 363 Å². The maximum absolute atomic E-state index is 8.39. The number of rotatable bonds is 0. The normalized spacial score (nSPS) is 22.0. The van der Waals surface area contributed by atoms with Crippen molar-refractivity contribution in [2.75, 3.05) is 0 Å². The number of nitrogens with zero attached hydrogens (tertiary/aromatic N) is 4. The molecule has 4 nitrogen and oxygen atoms in total. The Morgan fingerprint density at radius 1 is 0.621 bits per heavy atom. The van der Waals surface area contributed by atoms with E-state index in [1.807, 2.05) is 54.7 Å². The quantitative estimate of drug-likeness (QED) is 0.112. The van der Waals surface area contributed by atoms with E-state index in [-0.39, 0.29) is 47.2 Å². The van der Waals surface area contributed by atoms with Gasteiger partial charge in [0, 0.05) is 84.2 Å². The Hall–Kier alpha value is -4.83. The van der Waals surface area contributed by atoms with E-state index in [1.165, 1.54) is 22.4 Å². The van der Waals surface area contributed by atoms with Gasteiger partial charge >= 0.3 is 0 Å². The maximum atomic E-state index is 8.39. The van der Waals surface area contributed by atoms with Crippen LogP contribution in [-0.4, -0.2) is 18.8 Å². The van der Waals surface area contributed by atoms with E-state index in [0.29, 0.717) is 11.1 Å². The van der Waals surface area contributed by atoms with Crippen LogP contribution < -0.4 is 0 Å². The van der Waals surface area contributed by atoms with E-state index in [2.05, 4.69) is 114 Å². The van der Waals surface area contributed by atoms with Crippen molar-refractivity contribution in [2.24, 2.45) is 0 Å². The van der Waals surface area contributed by atoms with Crippen LogP contribution in [0.25, 0.3) is 65.9 Å². The average molecular weight is 941 g/mol. The zero-order valence-corrected chi connectivity index (χ0v) is 36.9. The fourth-order valence-corrected chi connectivity index (χ4v) is 11.4. The van der Waals surface area contributed by atoms with E-state index in [0.717, 1.165) is 78.0 Å². The first-order valence-corrected chi connectivity index (χ1v) is 20.2. The van der Waals surface area contributed by atoms with Gasteiger partial charge in [0.2, 0.25) is 0 Å². The standard InChI is InChI=1S/C31H29N2.C22H21N2.Ir/c1-18-15-16-23-26-24(18)19-11-7-8-12-20(19)28-32-25-21-13-9-10-14-22(21)29(2,3)17-31(6,30(23,4)5)27(25)33(26)28;1-13-10-11-16-19-18(13)14-8-6-7-9-15(14)20-23-12-17(24(19)20)22(4,5)21(16,2)3;/h7-11,13-16H,17H2,1-6H3;6-8,10-12H,1-5H3;/q2*-1;/i2*1D3;. The van der Waals surface area contributed by atoms with Crippen LogP contribution in [0.15, 0.2) is 91.1 Å². The molecule has 2 aliphatic heterocycles. The first kappa shape index (κ1) is 31.1. The number of imidazole rings is 2. The molecule has 58 heavy (non-hydrogen) atoms. The number of aromatic nitrogens is 4. The predicted octanol–water partition coefficient (Wildman–Crippen LogP) is 13.0. The Kier molecular flexibility index (Phi) is 6.27. The van der Waals surface area contributed by atoms with E-state index in [9.17, 15) is 0 Å². The van der Waals surface area contributed by atoms with Crippen molar-refractivity contribution in [3.63, 3.8) is 0 Å². The average Bonchev–Trinajstić information content (AvgIpc) is 3.85. The summed E-state index contributed by atoms with van der Waals surface area (Å²) in [5, 5.41) is 5.16. The molecule has 6 heterocycles. The summed E-state index contributed by atoms with van der Waals surface area (Å²) in [7, 11) is 0. The van der Waals surface area contributed by atoms with Crippen molar-refractivity contribution < 1.29 is 28.3 Å². The molecule has 1 radical (unpaired) electrons. The molecule has 0 saturated carbocycles. The van der Waals surface area contributed by atoms with Gasteiger partial charge in [-0.25, -0.2) is 0 Å². The van der Waals surface area contributed by atoms with Gasteiger partial charge in [0.15, 0.2) is 0 Å². The second kappa shape index (κ2) is 11.7. The van der Waals surface area contributed by atoms with Gasteiger partial charge in [0.1, 0.15) is 0 Å². The van der Waals surface area contributed by atoms with Gasteiger partial charge in [-0.2, -0.15) is 0 Å². The van der Waals surface area contributed by atoms with Crippen LogP contribution in [0.2, 0.25) is 0 Å². The van der Waals surface area contributed by atoms with Gasteiger partial charge in [-0.1, -0.05) is 133 Å². The molecule has 1 unspecified atom stereocenters. The van der Waals surface area contributed by atoms with Crippen LogP contribution in [0.5, 0.6) is 0 Å². The Morgan fingerprint density at radius 2 is 1.21 bits per heavy atom. The summed E-state index contributed by atoms with van der Waals surface area (Å²) in [6.45, 7) is 16.3. The number of hydrogen-bond donors (Lipinski definition) is 0. The molecule has 5 aromatic carbocycles. The summed E-state index contributed by atoms with van der Waals surface area (Å²) >= 11 is 0. The fraction of sp³-hybridized carbons (Fsp3) is 0.321. The van der Waals surface area contributed by atoms with Gasteiger partial charge in [-0.3, -0.25) is 9.97 Å². The topological polar surface area (TPSA) is 34.6 Å². The van der Waals surface area contributed by atoms with Crippen molar-refractivity contribution in [1.29, 1.82) is 0 Å². The van der Waals surface area contributed by atoms with Crippen LogP contribution in [-0.2, 0) is 47.2 Å². The number of hydrogen-bond acceptors (Lipinski definition) is 2. The molecule has 0 N–H and O–H groups in total. The van der Waals surface area contributed by atoms with Crippen LogP contribution in [0.4, 0.5) is 0 Å². The molecule has 1 aliphatic carbocycles. The Morgan fingerprint density at radius 3 is 1.84 bits per heavy atom. The Bertz CT molecular complexity index is 3490. The van der Waals surface area contributed by atoms with E-state index in [4.69, 9.17) is 18.2 Å². The second-order valence-corrected chi connectivity index (χ2v) is 19.3. The summed E-state index contributed by atoms with van der Waals surface area (Å²) in [6, 6.07) is 34.8. The van der Waals surface area contributed by atoms with Gasteiger partial charge in [-0.15, -0.1) is 59.3 Å². The van der Waals surface area contributed by atoms with Gasteiger partial charge in [0.25, 0.3) is 0 Å². The van der Waals surface area contributed by atoms with Crippen molar-refractivity contribution >= 4 is 54.6 Å². The van der Waals surface area contributed by atoms with E-state index in [1.54, 1.807) is 6.07 Å². The second-order valence-electron chi connectivity index (χ2n) is 19.3. The minimum Gasteiger partial charge on any atom is -0.336 e. The zero-order chi connectivity index (χ0) is 44.8. The summed E-state index contributed by atoms with van der Waals surface area (Å²) in [5.41, 5.74) is 11.7. The van der Waals surface area contributed by atoms with Crippen molar-refractivity contribution in [2.45, 2.75) is 110 Å². The van der Waals surface area contributed by atoms with Crippen LogP contribution in [0.1, 0.15) is 116 Å². The molecule has 9 aromatic rings. The number of fused-ring (bicyclic) bond motifs is 8. The van der Waals surface area contributed by atoms with Gasteiger partial charge < -0.3 is 8.80 Å². The minimum absolute atomic E-state index is 0. The molecule has 0 spiro atoms. The molecule has 0 amide bonds. The molecule has 1 atom stereocenters. The number of aryl methyl sites for hydroxylation is 2. The molecular formula is C53H50IrN4-2. The smallest absolute Gasteiger partial charge is 0.0813 e. The minimum atomic E-state index is -2.23. The Balaban J connectivity index is 0.000000155. The third kappa shape index (κ3) is 4.29. The monoisotopic (exact) mass is 941 g/mol. The molecule has 12 rings (SSSR count). The van der Waals surface area contributed by atoms with Gasteiger partial charge in [0.05, 0.1) is 17.0 Å². The summed E-state index contributed by atoms with van der Waals surface area (Å²) < 4.78 is 54.0.